The molecule has 0 saturated carbocycles. The molecule has 6 heteroatoms. The summed E-state index contributed by atoms with van der Waals surface area (Å²) >= 11 is 0. The Balaban J connectivity index is 0.000000108. The molecule has 0 fully saturated rings. The molecule has 604 valence electrons. The van der Waals surface area contributed by atoms with E-state index in [4.69, 9.17) is 29.9 Å². The standard InChI is InChI=1S/2C43H28N2.C37H26N2/c1-4-14-29(15-5-1)41-42(45-40-23-13-12-22-39(40)44-41)32-24-25-37-35(27-32)36-26-30-16-10-11-17-31(30)28-38(36)43(37,33-18-6-2-7-19-33)34-20-8-3-9-21-34;1-4-14-29(15-5-1)41-35-22-12-13-23-40(35)44-42(45-41)32-24-25-38-36(27-32)37-26-30-16-10-11-17-31(30)28-39(37)43(38,33-18-6-2-7-19-33)34-20-8-3-9-21-34;1-37(2)31-22-27(16-18-29(31)30-20-25-13-6-7-14-26(25)21-32(30)37)35-34(24-11-4-3-5-12-24)39-36-28-15-9-8-10-23(28)17-19-33(36)38-35/h2*1-28H;3-22H,1-2H3. The molecule has 0 amide bonds. The molecule has 23 aromatic rings. The van der Waals surface area contributed by atoms with Crippen LogP contribution in [0.2, 0.25) is 0 Å². The average molecular weight is 1640 g/mol. The van der Waals surface area contributed by atoms with Gasteiger partial charge in [-0.25, -0.2) is 29.9 Å². The van der Waals surface area contributed by atoms with Crippen molar-refractivity contribution in [3.63, 3.8) is 0 Å². The zero-order valence-electron chi connectivity index (χ0n) is 71.1. The summed E-state index contributed by atoms with van der Waals surface area (Å²) in [6.45, 7) is 4.68. The number of benzene rings is 20. The summed E-state index contributed by atoms with van der Waals surface area (Å²) < 4.78 is 0. The van der Waals surface area contributed by atoms with Crippen LogP contribution in [-0.2, 0) is 16.2 Å². The first-order valence-electron chi connectivity index (χ1n) is 44.4. The Kier molecular flexibility index (Phi) is 18.3. The summed E-state index contributed by atoms with van der Waals surface area (Å²) in [6, 6.07) is 165. The van der Waals surface area contributed by atoms with Crippen LogP contribution < -0.4 is 0 Å². The minimum Gasteiger partial charge on any atom is -0.244 e. The van der Waals surface area contributed by atoms with Crippen molar-refractivity contribution in [2.45, 2.75) is 30.1 Å². The minimum atomic E-state index is -0.465. The van der Waals surface area contributed by atoms with Crippen LogP contribution in [0, 0.1) is 0 Å². The van der Waals surface area contributed by atoms with Crippen LogP contribution >= 0.6 is 0 Å². The number of rotatable bonds is 10. The van der Waals surface area contributed by atoms with E-state index in [-0.39, 0.29) is 5.41 Å². The van der Waals surface area contributed by atoms with Gasteiger partial charge in [0.25, 0.3) is 0 Å². The van der Waals surface area contributed by atoms with Gasteiger partial charge in [0.1, 0.15) is 0 Å². The Labute approximate surface area is 748 Å². The minimum absolute atomic E-state index is 0.113. The maximum Gasteiger partial charge on any atom is 0.160 e. The fourth-order valence-electron chi connectivity index (χ4n) is 21.0. The molecule has 0 radical (unpaired) electrons. The zero-order chi connectivity index (χ0) is 85.7. The van der Waals surface area contributed by atoms with Gasteiger partial charge in [-0.05, 0) is 206 Å². The van der Waals surface area contributed by atoms with Gasteiger partial charge in [-0.3, -0.25) is 0 Å². The van der Waals surface area contributed by atoms with Gasteiger partial charge in [-0.15, -0.1) is 0 Å². The lowest BCUT2D eigenvalue weighted by atomic mass is 9.67. The first-order valence-corrected chi connectivity index (χ1v) is 44.4. The Morgan fingerprint density at radius 3 is 0.977 bits per heavy atom. The Morgan fingerprint density at radius 2 is 0.496 bits per heavy atom. The number of fused-ring (bicyclic) bond motifs is 17. The first-order chi connectivity index (χ1) is 63.7. The number of nitrogens with zero attached hydrogens (tertiary/aromatic N) is 6. The molecule has 3 aromatic heterocycles. The molecule has 0 atom stereocenters. The summed E-state index contributed by atoms with van der Waals surface area (Å²) in [4.78, 5) is 31.3. The van der Waals surface area contributed by atoms with E-state index in [1.807, 2.05) is 48.5 Å². The van der Waals surface area contributed by atoms with Crippen LogP contribution in [0.4, 0.5) is 0 Å². The van der Waals surface area contributed by atoms with Gasteiger partial charge in [0.15, 0.2) is 5.82 Å². The normalized spacial score (nSPS) is 13.2. The summed E-state index contributed by atoms with van der Waals surface area (Å²) in [7, 11) is 0. The van der Waals surface area contributed by atoms with Crippen molar-refractivity contribution >= 4 is 76.1 Å². The van der Waals surface area contributed by atoms with Crippen molar-refractivity contribution < 1.29 is 0 Å². The first kappa shape index (κ1) is 76.1. The van der Waals surface area contributed by atoms with Crippen LogP contribution in [-0.4, -0.2) is 29.9 Å². The van der Waals surface area contributed by atoms with Gasteiger partial charge < -0.3 is 0 Å². The van der Waals surface area contributed by atoms with Crippen LogP contribution in [0.5, 0.6) is 0 Å². The Hall–Kier alpha value is -16.5. The molecular weight excluding hydrogens is 1560 g/mol. The quantitative estimate of drug-likeness (QED) is 0.127. The lowest BCUT2D eigenvalue weighted by molar-refractivity contribution is 0.661. The van der Waals surface area contributed by atoms with E-state index in [0.717, 1.165) is 106 Å². The molecule has 6 nitrogen and oxygen atoms in total. The lowest BCUT2D eigenvalue weighted by Gasteiger charge is -2.34. The van der Waals surface area contributed by atoms with Gasteiger partial charge in [-0.1, -0.05) is 396 Å². The van der Waals surface area contributed by atoms with Crippen molar-refractivity contribution in [1.82, 2.24) is 29.9 Å². The SMILES string of the molecule is CC1(C)c2cc(-c3nc4ccc5ccccc5c4nc3-c3ccccc3)ccc2-c2cc3ccccc3cc21.c1ccc(-c2nc(-c3ccc4c(c3)-c3cc5ccccc5cc3C4(c3ccccc3)c3ccccc3)nc3ccccc23)cc1.c1ccc(-c2nc3ccccc3nc2-c2ccc3c(c2)-c2cc4ccccc4cc2C3(c2ccccc2)c2ccccc2)cc1. The Morgan fingerprint density at radius 1 is 0.171 bits per heavy atom. The van der Waals surface area contributed by atoms with Gasteiger partial charge in [0, 0.05) is 49.6 Å². The van der Waals surface area contributed by atoms with E-state index in [1.165, 1.54) is 127 Å². The van der Waals surface area contributed by atoms with E-state index in [1.54, 1.807) is 0 Å². The second-order valence-electron chi connectivity index (χ2n) is 34.6. The summed E-state index contributed by atoms with van der Waals surface area (Å²) in [5.74, 6) is 0.731. The smallest absolute Gasteiger partial charge is 0.160 e. The topological polar surface area (TPSA) is 77.3 Å². The molecular formula is C123H82N6. The molecule has 0 N–H and O–H groups in total. The number of para-hydroxylation sites is 3. The van der Waals surface area contributed by atoms with Crippen molar-refractivity contribution in [1.29, 1.82) is 0 Å². The molecule has 129 heavy (non-hydrogen) atoms. The highest BCUT2D eigenvalue weighted by Crippen LogP contribution is 2.61. The Bertz CT molecular complexity index is 8290. The second-order valence-corrected chi connectivity index (χ2v) is 34.6. The third-order valence-electron chi connectivity index (χ3n) is 27.1. The van der Waals surface area contributed by atoms with E-state index < -0.39 is 10.8 Å². The number of aromatic nitrogens is 6. The largest absolute Gasteiger partial charge is 0.244 e. The van der Waals surface area contributed by atoms with Gasteiger partial charge in [-0.2, -0.15) is 0 Å². The molecule has 3 aliphatic rings. The van der Waals surface area contributed by atoms with E-state index in [2.05, 4.69) is 426 Å². The predicted molar refractivity (Wildman–Crippen MR) is 533 cm³/mol. The summed E-state index contributed by atoms with van der Waals surface area (Å²) in [5, 5.41) is 10.9. The molecule has 0 unspecified atom stereocenters. The molecule has 0 saturated heterocycles. The van der Waals surface area contributed by atoms with Crippen molar-refractivity contribution in [2.24, 2.45) is 0 Å². The third-order valence-corrected chi connectivity index (χ3v) is 27.1. The zero-order valence-corrected chi connectivity index (χ0v) is 71.1. The van der Waals surface area contributed by atoms with Crippen LogP contribution in [0.3, 0.4) is 0 Å². The highest BCUT2D eigenvalue weighted by molar-refractivity contribution is 6.07. The average Bonchev–Trinajstić information content (AvgIpc) is 1.54. The van der Waals surface area contributed by atoms with Crippen molar-refractivity contribution in [2.75, 3.05) is 0 Å². The van der Waals surface area contributed by atoms with Crippen molar-refractivity contribution in [3.05, 3.63) is 517 Å². The highest BCUT2D eigenvalue weighted by atomic mass is 14.9. The maximum absolute atomic E-state index is 5.29. The molecule has 3 heterocycles. The fourth-order valence-corrected chi connectivity index (χ4v) is 21.0. The molecule has 0 aliphatic heterocycles. The van der Waals surface area contributed by atoms with Crippen LogP contribution in [0.1, 0.15) is 69.5 Å². The number of hydrogen-bond acceptors (Lipinski definition) is 6. The van der Waals surface area contributed by atoms with Crippen molar-refractivity contribution in [3.8, 4) is 101 Å². The monoisotopic (exact) mass is 1640 g/mol. The highest BCUT2D eigenvalue weighted by Gasteiger charge is 2.49. The maximum atomic E-state index is 5.29. The van der Waals surface area contributed by atoms with Crippen LogP contribution in [0.15, 0.2) is 461 Å². The third kappa shape index (κ3) is 12.6. The molecule has 3 aliphatic carbocycles. The van der Waals surface area contributed by atoms with E-state index >= 15 is 0 Å². The predicted octanol–water partition coefficient (Wildman–Crippen LogP) is 30.5. The lowest BCUT2D eigenvalue weighted by Crippen LogP contribution is -2.28. The fraction of sp³-hybridized carbons (Fsp3) is 0.0407. The van der Waals surface area contributed by atoms with Gasteiger partial charge in [0.2, 0.25) is 0 Å². The van der Waals surface area contributed by atoms with E-state index in [9.17, 15) is 0 Å². The van der Waals surface area contributed by atoms with Crippen LogP contribution in [0.25, 0.3) is 177 Å². The van der Waals surface area contributed by atoms with E-state index in [0.29, 0.717) is 0 Å². The summed E-state index contributed by atoms with van der Waals surface area (Å²) in [6.07, 6.45) is 0. The molecule has 20 aromatic carbocycles. The van der Waals surface area contributed by atoms with Gasteiger partial charge in [0.05, 0.1) is 66.9 Å². The molecule has 0 bridgehead atoms. The molecule has 0 spiro atoms. The summed E-state index contributed by atoms with van der Waals surface area (Å²) in [5.41, 5.74) is 35.0. The number of hydrogen-bond donors (Lipinski definition) is 0. The van der Waals surface area contributed by atoms with Gasteiger partial charge >= 0.3 is 0 Å². The molecule has 26 rings (SSSR count). The second kappa shape index (κ2) is 31.0.